The molecule has 98 valence electrons. The third kappa shape index (κ3) is 3.21. The van der Waals surface area contributed by atoms with Gasteiger partial charge in [-0.3, -0.25) is 0 Å². The Labute approximate surface area is 113 Å². The highest BCUT2D eigenvalue weighted by Crippen LogP contribution is 2.16. The van der Waals surface area contributed by atoms with E-state index in [1.807, 2.05) is 35.0 Å². The highest BCUT2D eigenvalue weighted by atomic mass is 15.1. The molecule has 0 aliphatic heterocycles. The van der Waals surface area contributed by atoms with E-state index in [1.54, 1.807) is 6.33 Å². The summed E-state index contributed by atoms with van der Waals surface area (Å²) >= 11 is 0. The van der Waals surface area contributed by atoms with Crippen LogP contribution in [0.3, 0.4) is 0 Å². The fraction of sp³-hybridized carbons (Fsp3) is 0.333. The van der Waals surface area contributed by atoms with E-state index in [-0.39, 0.29) is 5.54 Å². The molecule has 4 heteroatoms. The molecule has 1 heterocycles. The predicted molar refractivity (Wildman–Crippen MR) is 74.9 cm³/mol. The number of nitrogens with zero attached hydrogens (tertiary/aromatic N) is 3. The standard InChI is InChI=1S/C15H18N4/c1-15(2,3)18-10-13-9-17-11-19(13)14-7-5-4-6-12(14)8-16/h4-7,9,11,18H,10H2,1-3H3. The van der Waals surface area contributed by atoms with Crippen molar-refractivity contribution in [2.75, 3.05) is 0 Å². The molecule has 0 fully saturated rings. The lowest BCUT2D eigenvalue weighted by Gasteiger charge is -2.21. The zero-order chi connectivity index (χ0) is 13.9. The maximum atomic E-state index is 9.17. The number of nitrogens with one attached hydrogen (secondary N) is 1. The van der Waals surface area contributed by atoms with Gasteiger partial charge in [-0.05, 0) is 32.9 Å². The lowest BCUT2D eigenvalue weighted by molar-refractivity contribution is 0.419. The van der Waals surface area contributed by atoms with Crippen LogP contribution in [0.4, 0.5) is 0 Å². The van der Waals surface area contributed by atoms with Crippen LogP contribution >= 0.6 is 0 Å². The van der Waals surface area contributed by atoms with Gasteiger partial charge in [0, 0.05) is 18.3 Å². The molecule has 0 unspecified atom stereocenters. The van der Waals surface area contributed by atoms with Gasteiger partial charge in [0.1, 0.15) is 6.07 Å². The molecule has 1 aromatic carbocycles. The number of benzene rings is 1. The van der Waals surface area contributed by atoms with E-state index in [0.29, 0.717) is 12.1 Å². The zero-order valence-electron chi connectivity index (χ0n) is 11.5. The van der Waals surface area contributed by atoms with E-state index < -0.39 is 0 Å². The molecular formula is C15H18N4. The lowest BCUT2D eigenvalue weighted by Crippen LogP contribution is -2.35. The Balaban J connectivity index is 2.32. The molecule has 0 aliphatic rings. The molecule has 0 spiro atoms. The second-order valence-electron chi connectivity index (χ2n) is 5.49. The van der Waals surface area contributed by atoms with Crippen LogP contribution < -0.4 is 5.32 Å². The minimum atomic E-state index is 0.0455. The second-order valence-corrected chi connectivity index (χ2v) is 5.49. The number of aromatic nitrogens is 2. The van der Waals surface area contributed by atoms with Crippen LogP contribution in [0, 0.1) is 11.3 Å². The Morgan fingerprint density at radius 3 is 2.74 bits per heavy atom. The molecule has 0 radical (unpaired) electrons. The van der Waals surface area contributed by atoms with Gasteiger partial charge < -0.3 is 9.88 Å². The Hall–Kier alpha value is -2.12. The third-order valence-electron chi connectivity index (χ3n) is 2.80. The number of para-hydroxylation sites is 1. The van der Waals surface area contributed by atoms with Crippen molar-refractivity contribution in [2.45, 2.75) is 32.9 Å². The van der Waals surface area contributed by atoms with E-state index in [9.17, 15) is 0 Å². The van der Waals surface area contributed by atoms with Gasteiger partial charge in [-0.1, -0.05) is 12.1 Å². The first-order chi connectivity index (χ1) is 9.01. The molecule has 0 amide bonds. The second kappa shape index (κ2) is 5.25. The first-order valence-corrected chi connectivity index (χ1v) is 6.27. The van der Waals surface area contributed by atoms with Gasteiger partial charge in [0.2, 0.25) is 0 Å². The summed E-state index contributed by atoms with van der Waals surface area (Å²) in [5.74, 6) is 0. The summed E-state index contributed by atoms with van der Waals surface area (Å²) in [4.78, 5) is 4.19. The molecule has 19 heavy (non-hydrogen) atoms. The summed E-state index contributed by atoms with van der Waals surface area (Å²) in [6.07, 6.45) is 3.57. The van der Waals surface area contributed by atoms with Gasteiger partial charge in [0.25, 0.3) is 0 Å². The summed E-state index contributed by atoms with van der Waals surface area (Å²) in [6, 6.07) is 9.76. The summed E-state index contributed by atoms with van der Waals surface area (Å²) in [6.45, 7) is 7.08. The first kappa shape index (κ1) is 13.3. The molecular weight excluding hydrogens is 236 g/mol. The van der Waals surface area contributed by atoms with Crippen LogP contribution in [-0.4, -0.2) is 15.1 Å². The summed E-state index contributed by atoms with van der Waals surface area (Å²) in [5, 5.41) is 12.6. The molecule has 0 saturated heterocycles. The normalized spacial score (nSPS) is 11.3. The third-order valence-corrected chi connectivity index (χ3v) is 2.80. The van der Waals surface area contributed by atoms with Gasteiger partial charge in [0.05, 0.1) is 23.3 Å². The molecule has 0 atom stereocenters. The first-order valence-electron chi connectivity index (χ1n) is 6.27. The van der Waals surface area contributed by atoms with E-state index in [4.69, 9.17) is 5.26 Å². The molecule has 0 bridgehead atoms. The fourth-order valence-electron chi connectivity index (χ4n) is 1.80. The van der Waals surface area contributed by atoms with Crippen LogP contribution in [0.5, 0.6) is 0 Å². The SMILES string of the molecule is CC(C)(C)NCc1cncn1-c1ccccc1C#N. The Morgan fingerprint density at radius 2 is 2.05 bits per heavy atom. The Morgan fingerprint density at radius 1 is 1.32 bits per heavy atom. The number of imidazole rings is 1. The van der Waals surface area contributed by atoms with Crippen molar-refractivity contribution in [1.82, 2.24) is 14.9 Å². The van der Waals surface area contributed by atoms with Crippen molar-refractivity contribution >= 4 is 0 Å². The smallest absolute Gasteiger partial charge is 0.101 e. The maximum absolute atomic E-state index is 9.17. The molecule has 2 aromatic rings. The monoisotopic (exact) mass is 254 g/mol. The summed E-state index contributed by atoms with van der Waals surface area (Å²) in [5.41, 5.74) is 2.60. The van der Waals surface area contributed by atoms with Gasteiger partial charge in [-0.15, -0.1) is 0 Å². The topological polar surface area (TPSA) is 53.6 Å². The largest absolute Gasteiger partial charge is 0.306 e. The van der Waals surface area contributed by atoms with Gasteiger partial charge >= 0.3 is 0 Å². The van der Waals surface area contributed by atoms with Gasteiger partial charge in [-0.2, -0.15) is 5.26 Å². The highest BCUT2D eigenvalue weighted by molar-refractivity contribution is 5.49. The molecule has 2 rings (SSSR count). The highest BCUT2D eigenvalue weighted by Gasteiger charge is 2.12. The number of rotatable bonds is 3. The van der Waals surface area contributed by atoms with Crippen LogP contribution in [0.2, 0.25) is 0 Å². The predicted octanol–water partition coefficient (Wildman–Crippen LogP) is 2.63. The van der Waals surface area contributed by atoms with Crippen molar-refractivity contribution in [3.8, 4) is 11.8 Å². The van der Waals surface area contributed by atoms with Crippen LogP contribution in [0.15, 0.2) is 36.8 Å². The molecule has 1 aromatic heterocycles. The van der Waals surface area contributed by atoms with Crippen molar-refractivity contribution in [3.05, 3.63) is 48.0 Å². The van der Waals surface area contributed by atoms with E-state index in [1.165, 1.54) is 0 Å². The quantitative estimate of drug-likeness (QED) is 0.916. The van der Waals surface area contributed by atoms with Crippen molar-refractivity contribution < 1.29 is 0 Å². The molecule has 1 N–H and O–H groups in total. The van der Waals surface area contributed by atoms with Crippen LogP contribution in [0.25, 0.3) is 5.69 Å². The van der Waals surface area contributed by atoms with E-state index in [0.717, 1.165) is 11.4 Å². The maximum Gasteiger partial charge on any atom is 0.101 e. The average Bonchev–Trinajstić information content (AvgIpc) is 2.83. The fourth-order valence-corrected chi connectivity index (χ4v) is 1.80. The lowest BCUT2D eigenvalue weighted by atomic mass is 10.1. The minimum absolute atomic E-state index is 0.0455. The Bertz CT molecular complexity index is 599. The van der Waals surface area contributed by atoms with Crippen molar-refractivity contribution in [2.24, 2.45) is 0 Å². The van der Waals surface area contributed by atoms with Crippen LogP contribution in [-0.2, 0) is 6.54 Å². The molecule has 0 saturated carbocycles. The van der Waals surface area contributed by atoms with Gasteiger partial charge in [-0.25, -0.2) is 4.98 Å². The Kier molecular flexibility index (Phi) is 3.68. The average molecular weight is 254 g/mol. The van der Waals surface area contributed by atoms with Crippen LogP contribution in [0.1, 0.15) is 32.0 Å². The van der Waals surface area contributed by atoms with E-state index in [2.05, 4.69) is 37.1 Å². The van der Waals surface area contributed by atoms with Gasteiger partial charge in [0.15, 0.2) is 0 Å². The molecule has 4 nitrogen and oxygen atoms in total. The molecule has 0 aliphatic carbocycles. The minimum Gasteiger partial charge on any atom is -0.306 e. The summed E-state index contributed by atoms with van der Waals surface area (Å²) < 4.78 is 1.96. The van der Waals surface area contributed by atoms with E-state index >= 15 is 0 Å². The summed E-state index contributed by atoms with van der Waals surface area (Å²) in [7, 11) is 0. The number of hydrogen-bond donors (Lipinski definition) is 1. The zero-order valence-corrected chi connectivity index (χ0v) is 11.5. The van der Waals surface area contributed by atoms with Crippen molar-refractivity contribution in [1.29, 1.82) is 5.26 Å². The van der Waals surface area contributed by atoms with Crippen molar-refractivity contribution in [3.63, 3.8) is 0 Å². The number of hydrogen-bond acceptors (Lipinski definition) is 3. The number of nitriles is 1.